The topological polar surface area (TPSA) is 23.8 Å². The Balaban J connectivity index is 2.16. The second kappa shape index (κ2) is 4.73. The van der Waals surface area contributed by atoms with Crippen LogP contribution in [0, 0.1) is 11.3 Å². The zero-order valence-corrected chi connectivity index (χ0v) is 9.14. The molecule has 2 aromatic rings. The molecule has 0 amide bonds. The highest BCUT2D eigenvalue weighted by Crippen LogP contribution is 2.10. The molecule has 1 nitrogen and oxygen atoms in total. The Morgan fingerprint density at radius 3 is 2.00 bits per heavy atom. The van der Waals surface area contributed by atoms with Gasteiger partial charge in [-0.15, -0.1) is 0 Å². The van der Waals surface area contributed by atoms with Crippen molar-refractivity contribution in [2.24, 2.45) is 0 Å². The van der Waals surface area contributed by atoms with Gasteiger partial charge in [0.1, 0.15) is 0 Å². The second-order valence-electron chi connectivity index (χ2n) is 3.18. The first-order valence-corrected chi connectivity index (χ1v) is 5.71. The minimum atomic E-state index is 0.665. The first-order chi connectivity index (χ1) is 7.38. The SMILES string of the molecule is N#Cc1ccc(Pc2ccccc2)cc1. The summed E-state index contributed by atoms with van der Waals surface area (Å²) in [5.74, 6) is 0. The van der Waals surface area contributed by atoms with Crippen molar-refractivity contribution in [3.63, 3.8) is 0 Å². The van der Waals surface area contributed by atoms with Gasteiger partial charge in [0.25, 0.3) is 0 Å². The summed E-state index contributed by atoms with van der Waals surface area (Å²) < 4.78 is 0. The first kappa shape index (κ1) is 9.90. The number of nitriles is 1. The molecule has 0 aromatic heterocycles. The zero-order chi connectivity index (χ0) is 10.5. The van der Waals surface area contributed by atoms with Gasteiger partial charge in [0.2, 0.25) is 0 Å². The van der Waals surface area contributed by atoms with Crippen molar-refractivity contribution in [2.45, 2.75) is 0 Å². The van der Waals surface area contributed by atoms with Crippen LogP contribution in [0.3, 0.4) is 0 Å². The van der Waals surface area contributed by atoms with Gasteiger partial charge in [0.15, 0.2) is 0 Å². The summed E-state index contributed by atoms with van der Waals surface area (Å²) in [7, 11) is 0.665. The number of benzene rings is 2. The molecule has 15 heavy (non-hydrogen) atoms. The van der Waals surface area contributed by atoms with E-state index in [0.717, 1.165) is 5.56 Å². The summed E-state index contributed by atoms with van der Waals surface area (Å²) in [5.41, 5.74) is 0.719. The maximum Gasteiger partial charge on any atom is 0.0991 e. The standard InChI is InChI=1S/C13H10NP/c14-10-11-6-8-13(9-7-11)15-12-4-2-1-3-5-12/h1-9,15H. The largest absolute Gasteiger partial charge is 0.192 e. The molecule has 0 saturated heterocycles. The highest BCUT2D eigenvalue weighted by atomic mass is 31.1. The minimum Gasteiger partial charge on any atom is -0.192 e. The summed E-state index contributed by atoms with van der Waals surface area (Å²) in [6.45, 7) is 0. The number of rotatable bonds is 2. The lowest BCUT2D eigenvalue weighted by molar-refractivity contribution is 1.49. The quantitative estimate of drug-likeness (QED) is 0.698. The molecule has 72 valence electrons. The third-order valence-corrected chi connectivity index (χ3v) is 3.32. The van der Waals surface area contributed by atoms with Crippen LogP contribution in [0.1, 0.15) is 5.56 Å². The Hall–Kier alpha value is -1.64. The molecule has 0 saturated carbocycles. The molecule has 0 aliphatic carbocycles. The van der Waals surface area contributed by atoms with Gasteiger partial charge in [-0.1, -0.05) is 51.0 Å². The van der Waals surface area contributed by atoms with E-state index in [1.54, 1.807) is 0 Å². The van der Waals surface area contributed by atoms with Crippen molar-refractivity contribution < 1.29 is 0 Å². The van der Waals surface area contributed by atoms with Crippen molar-refractivity contribution >= 4 is 19.2 Å². The Kier molecular flexibility index (Phi) is 3.12. The third kappa shape index (κ3) is 2.65. The summed E-state index contributed by atoms with van der Waals surface area (Å²) in [6, 6.07) is 20.2. The monoisotopic (exact) mass is 211 g/mol. The summed E-state index contributed by atoms with van der Waals surface area (Å²) in [4.78, 5) is 0. The first-order valence-electron chi connectivity index (χ1n) is 4.71. The van der Waals surface area contributed by atoms with E-state index in [4.69, 9.17) is 5.26 Å². The molecule has 1 unspecified atom stereocenters. The number of nitrogens with zero attached hydrogens (tertiary/aromatic N) is 1. The van der Waals surface area contributed by atoms with Crippen LogP contribution in [0.15, 0.2) is 54.6 Å². The van der Waals surface area contributed by atoms with E-state index in [2.05, 4.69) is 18.2 Å². The van der Waals surface area contributed by atoms with Crippen LogP contribution in [0.2, 0.25) is 0 Å². The van der Waals surface area contributed by atoms with E-state index in [9.17, 15) is 0 Å². The number of hydrogen-bond donors (Lipinski definition) is 0. The van der Waals surface area contributed by atoms with Gasteiger partial charge in [-0.3, -0.25) is 0 Å². The lowest BCUT2D eigenvalue weighted by atomic mass is 10.2. The van der Waals surface area contributed by atoms with E-state index in [1.807, 2.05) is 42.5 Å². The molecular weight excluding hydrogens is 201 g/mol. The van der Waals surface area contributed by atoms with Gasteiger partial charge in [-0.2, -0.15) is 5.26 Å². The van der Waals surface area contributed by atoms with E-state index in [1.165, 1.54) is 10.6 Å². The van der Waals surface area contributed by atoms with Gasteiger partial charge in [-0.25, -0.2) is 0 Å². The smallest absolute Gasteiger partial charge is 0.0991 e. The molecule has 1 atom stereocenters. The molecule has 2 rings (SSSR count). The molecular formula is C13H10NP. The second-order valence-corrected chi connectivity index (χ2v) is 4.58. The van der Waals surface area contributed by atoms with Crippen molar-refractivity contribution in [2.75, 3.05) is 0 Å². The Bertz CT molecular complexity index is 468. The van der Waals surface area contributed by atoms with Gasteiger partial charge in [0, 0.05) is 0 Å². The predicted molar refractivity (Wildman–Crippen MR) is 65.2 cm³/mol. The zero-order valence-electron chi connectivity index (χ0n) is 8.14. The summed E-state index contributed by atoms with van der Waals surface area (Å²) in [6.07, 6.45) is 0. The lowest BCUT2D eigenvalue weighted by Gasteiger charge is -2.01. The van der Waals surface area contributed by atoms with Crippen LogP contribution in [-0.2, 0) is 0 Å². The van der Waals surface area contributed by atoms with E-state index in [0.29, 0.717) is 8.58 Å². The maximum atomic E-state index is 8.67. The van der Waals surface area contributed by atoms with Crippen LogP contribution in [0.5, 0.6) is 0 Å². The molecule has 0 aliphatic heterocycles. The number of hydrogen-bond acceptors (Lipinski definition) is 1. The van der Waals surface area contributed by atoms with Crippen LogP contribution in [0.4, 0.5) is 0 Å². The van der Waals surface area contributed by atoms with Crippen molar-refractivity contribution in [1.82, 2.24) is 0 Å². The molecule has 0 radical (unpaired) electrons. The fraction of sp³-hybridized carbons (Fsp3) is 0. The van der Waals surface area contributed by atoms with Gasteiger partial charge in [-0.05, 0) is 22.7 Å². The molecule has 0 N–H and O–H groups in total. The molecule has 2 heteroatoms. The molecule has 0 bridgehead atoms. The summed E-state index contributed by atoms with van der Waals surface area (Å²) >= 11 is 0. The molecule has 2 aromatic carbocycles. The third-order valence-electron chi connectivity index (χ3n) is 2.08. The average molecular weight is 211 g/mol. The van der Waals surface area contributed by atoms with Gasteiger partial charge in [0.05, 0.1) is 11.6 Å². The van der Waals surface area contributed by atoms with Gasteiger partial charge < -0.3 is 0 Å². The molecule has 0 fully saturated rings. The van der Waals surface area contributed by atoms with E-state index in [-0.39, 0.29) is 0 Å². The highest BCUT2D eigenvalue weighted by Gasteiger charge is 1.95. The maximum absolute atomic E-state index is 8.67. The van der Waals surface area contributed by atoms with Crippen LogP contribution < -0.4 is 10.6 Å². The lowest BCUT2D eigenvalue weighted by Crippen LogP contribution is -2.02. The van der Waals surface area contributed by atoms with Crippen molar-refractivity contribution in [1.29, 1.82) is 5.26 Å². The fourth-order valence-electron chi connectivity index (χ4n) is 1.32. The fourth-order valence-corrected chi connectivity index (χ4v) is 2.34. The summed E-state index contributed by atoms with van der Waals surface area (Å²) in [5, 5.41) is 11.3. The van der Waals surface area contributed by atoms with Crippen molar-refractivity contribution in [3.8, 4) is 6.07 Å². The predicted octanol–water partition coefficient (Wildman–Crippen LogP) is 2.19. The van der Waals surface area contributed by atoms with E-state index < -0.39 is 0 Å². The Morgan fingerprint density at radius 1 is 0.800 bits per heavy atom. The van der Waals surface area contributed by atoms with Gasteiger partial charge >= 0.3 is 0 Å². The van der Waals surface area contributed by atoms with Crippen LogP contribution >= 0.6 is 8.58 Å². The molecule has 0 heterocycles. The Morgan fingerprint density at radius 2 is 1.40 bits per heavy atom. The van der Waals surface area contributed by atoms with Crippen LogP contribution in [0.25, 0.3) is 0 Å². The normalized spacial score (nSPS) is 10.3. The van der Waals surface area contributed by atoms with Crippen LogP contribution in [-0.4, -0.2) is 0 Å². The molecule has 0 spiro atoms. The average Bonchev–Trinajstić information content (AvgIpc) is 2.31. The minimum absolute atomic E-state index is 0.665. The van der Waals surface area contributed by atoms with E-state index >= 15 is 0 Å². The highest BCUT2D eigenvalue weighted by molar-refractivity contribution is 7.55. The molecule has 0 aliphatic rings. The Labute approximate surface area is 91.2 Å². The van der Waals surface area contributed by atoms with Crippen molar-refractivity contribution in [3.05, 3.63) is 60.2 Å².